The first kappa shape index (κ1) is 10.3. The second-order valence-electron chi connectivity index (χ2n) is 2.59. The highest BCUT2D eigenvalue weighted by Crippen LogP contribution is 2.14. The maximum Gasteiger partial charge on any atom is 0.471 e. The Balaban J connectivity index is 2.22. The molecular weight excluding hydrogens is 189 g/mol. The zero-order chi connectivity index (χ0) is 9.90. The van der Waals surface area contributed by atoms with Gasteiger partial charge in [-0.05, 0) is 0 Å². The largest absolute Gasteiger partial charge is 0.471 e. The van der Waals surface area contributed by atoms with Crippen molar-refractivity contribution >= 4 is 5.91 Å². The van der Waals surface area contributed by atoms with Gasteiger partial charge in [0.05, 0.1) is 12.8 Å². The van der Waals surface area contributed by atoms with Gasteiger partial charge in [0.25, 0.3) is 0 Å². The summed E-state index contributed by atoms with van der Waals surface area (Å²) in [6, 6.07) is 0. The van der Waals surface area contributed by atoms with Crippen molar-refractivity contribution in [1.29, 1.82) is 0 Å². The molecule has 0 bridgehead atoms. The highest BCUT2D eigenvalue weighted by molar-refractivity contribution is 5.81. The summed E-state index contributed by atoms with van der Waals surface area (Å²) < 4.78 is 39.9. The van der Waals surface area contributed by atoms with Crippen molar-refractivity contribution in [1.82, 2.24) is 10.6 Å². The first-order valence-corrected chi connectivity index (χ1v) is 3.67. The first-order chi connectivity index (χ1) is 6.00. The molecule has 1 atom stereocenters. The van der Waals surface area contributed by atoms with E-state index in [0.717, 1.165) is 0 Å². The van der Waals surface area contributed by atoms with Gasteiger partial charge in [-0.15, -0.1) is 0 Å². The molecule has 0 spiro atoms. The van der Waals surface area contributed by atoms with E-state index in [4.69, 9.17) is 4.74 Å². The van der Waals surface area contributed by atoms with Crippen molar-refractivity contribution in [3.8, 4) is 0 Å². The Morgan fingerprint density at radius 3 is 2.77 bits per heavy atom. The number of nitrogens with one attached hydrogen (secondary N) is 2. The topological polar surface area (TPSA) is 50.4 Å². The number of hydrogen-bond acceptors (Lipinski definition) is 3. The number of hydrogen-bond donors (Lipinski definition) is 2. The smallest absolute Gasteiger partial charge is 0.360 e. The van der Waals surface area contributed by atoms with Gasteiger partial charge in [0.15, 0.2) is 0 Å². The molecule has 0 aliphatic carbocycles. The van der Waals surface area contributed by atoms with Crippen molar-refractivity contribution in [2.24, 2.45) is 0 Å². The molecule has 0 aromatic rings. The van der Waals surface area contributed by atoms with Gasteiger partial charge in [-0.3, -0.25) is 10.1 Å². The second kappa shape index (κ2) is 3.93. The lowest BCUT2D eigenvalue weighted by Crippen LogP contribution is -2.41. The molecule has 7 heteroatoms. The van der Waals surface area contributed by atoms with E-state index >= 15 is 0 Å². The van der Waals surface area contributed by atoms with Gasteiger partial charge in [-0.25, -0.2) is 0 Å². The van der Waals surface area contributed by atoms with Crippen LogP contribution in [-0.2, 0) is 9.53 Å². The van der Waals surface area contributed by atoms with Crippen molar-refractivity contribution in [3.05, 3.63) is 0 Å². The summed E-state index contributed by atoms with van der Waals surface area (Å²) in [6.45, 7) is 0.649. The van der Waals surface area contributed by atoms with Crippen LogP contribution in [0.5, 0.6) is 0 Å². The Labute approximate surface area is 72.4 Å². The molecule has 1 rings (SSSR count). The number of carbonyl (C=O) groups is 1. The predicted molar refractivity (Wildman–Crippen MR) is 36.8 cm³/mol. The normalized spacial score (nSPS) is 23.2. The molecule has 0 saturated carbocycles. The monoisotopic (exact) mass is 198 g/mol. The van der Waals surface area contributed by atoms with Crippen LogP contribution in [0.4, 0.5) is 13.2 Å². The van der Waals surface area contributed by atoms with Crippen LogP contribution in [0, 0.1) is 0 Å². The van der Waals surface area contributed by atoms with E-state index in [1.807, 2.05) is 0 Å². The Morgan fingerprint density at radius 1 is 1.62 bits per heavy atom. The molecule has 4 nitrogen and oxygen atoms in total. The second-order valence-corrected chi connectivity index (χ2v) is 2.59. The molecule has 1 heterocycles. The molecule has 0 radical (unpaired) electrons. The molecular formula is C6H9F3N2O2. The fourth-order valence-electron chi connectivity index (χ4n) is 0.893. The van der Waals surface area contributed by atoms with Gasteiger partial charge in [-0.1, -0.05) is 0 Å². The lowest BCUT2D eigenvalue weighted by Gasteiger charge is -2.11. The molecule has 1 aliphatic rings. The van der Waals surface area contributed by atoms with E-state index in [1.165, 1.54) is 0 Å². The molecule has 1 aliphatic heterocycles. The third kappa shape index (κ3) is 3.19. The van der Waals surface area contributed by atoms with Gasteiger partial charge in [-0.2, -0.15) is 13.2 Å². The summed E-state index contributed by atoms with van der Waals surface area (Å²) in [4.78, 5) is 10.3. The Bertz CT molecular complexity index is 189. The molecule has 0 aromatic carbocycles. The standard InChI is InChI=1S/C6H9F3N2O2/c7-6(8,9)5(12)11-2-4-1-10-3-13-4/h4,10H,1-3H2,(H,11,12)/t4-/m1/s1. The summed E-state index contributed by atoms with van der Waals surface area (Å²) in [6.07, 6.45) is -5.18. The Kier molecular flexibility index (Phi) is 3.10. The van der Waals surface area contributed by atoms with E-state index in [0.29, 0.717) is 13.3 Å². The zero-order valence-corrected chi connectivity index (χ0v) is 6.65. The van der Waals surface area contributed by atoms with Crippen LogP contribution in [0.25, 0.3) is 0 Å². The first-order valence-electron chi connectivity index (χ1n) is 3.67. The molecule has 0 unspecified atom stereocenters. The van der Waals surface area contributed by atoms with E-state index in [1.54, 1.807) is 5.32 Å². The van der Waals surface area contributed by atoms with Gasteiger partial charge in [0, 0.05) is 13.1 Å². The van der Waals surface area contributed by atoms with Crippen LogP contribution < -0.4 is 10.6 Å². The zero-order valence-electron chi connectivity index (χ0n) is 6.65. The van der Waals surface area contributed by atoms with E-state index in [2.05, 4.69) is 5.32 Å². The maximum absolute atomic E-state index is 11.7. The van der Waals surface area contributed by atoms with Gasteiger partial charge < -0.3 is 10.1 Å². The third-order valence-electron chi connectivity index (χ3n) is 1.54. The quantitative estimate of drug-likeness (QED) is 0.635. The summed E-state index contributed by atoms with van der Waals surface area (Å²) in [7, 11) is 0. The molecule has 1 fully saturated rings. The number of ether oxygens (including phenoxy) is 1. The number of amides is 1. The summed E-state index contributed by atoms with van der Waals surface area (Å²) in [5.41, 5.74) is 0. The summed E-state index contributed by atoms with van der Waals surface area (Å²) in [5, 5.41) is 4.52. The number of rotatable bonds is 2. The highest BCUT2D eigenvalue weighted by atomic mass is 19.4. The minimum atomic E-state index is -4.81. The Hall–Kier alpha value is -0.820. The lowest BCUT2D eigenvalue weighted by molar-refractivity contribution is -0.173. The van der Waals surface area contributed by atoms with E-state index in [-0.39, 0.29) is 12.6 Å². The molecule has 76 valence electrons. The van der Waals surface area contributed by atoms with Crippen molar-refractivity contribution < 1.29 is 22.7 Å². The molecule has 1 saturated heterocycles. The molecule has 1 amide bonds. The van der Waals surface area contributed by atoms with Gasteiger partial charge >= 0.3 is 12.1 Å². The molecule has 13 heavy (non-hydrogen) atoms. The van der Waals surface area contributed by atoms with Crippen LogP contribution in [0.15, 0.2) is 0 Å². The summed E-state index contributed by atoms with van der Waals surface area (Å²) >= 11 is 0. The fourth-order valence-corrected chi connectivity index (χ4v) is 0.893. The predicted octanol–water partition coefficient (Wildman–Crippen LogP) is -0.389. The third-order valence-corrected chi connectivity index (χ3v) is 1.54. The highest BCUT2D eigenvalue weighted by Gasteiger charge is 2.38. The molecule has 0 aromatic heterocycles. The van der Waals surface area contributed by atoms with Crippen LogP contribution >= 0.6 is 0 Å². The Morgan fingerprint density at radius 2 is 2.31 bits per heavy atom. The van der Waals surface area contributed by atoms with E-state index in [9.17, 15) is 18.0 Å². The number of carbonyl (C=O) groups excluding carboxylic acids is 1. The number of alkyl halides is 3. The number of halogens is 3. The van der Waals surface area contributed by atoms with Crippen molar-refractivity contribution in [2.75, 3.05) is 19.8 Å². The average molecular weight is 198 g/mol. The van der Waals surface area contributed by atoms with Crippen molar-refractivity contribution in [3.63, 3.8) is 0 Å². The van der Waals surface area contributed by atoms with Crippen LogP contribution in [0.1, 0.15) is 0 Å². The average Bonchev–Trinajstić information content (AvgIpc) is 2.50. The lowest BCUT2D eigenvalue weighted by atomic mass is 10.3. The van der Waals surface area contributed by atoms with E-state index < -0.39 is 12.1 Å². The van der Waals surface area contributed by atoms with Crippen molar-refractivity contribution in [2.45, 2.75) is 12.3 Å². The maximum atomic E-state index is 11.7. The molecule has 2 N–H and O–H groups in total. The van der Waals surface area contributed by atoms with Crippen LogP contribution in [0.2, 0.25) is 0 Å². The minimum absolute atomic E-state index is 0.120. The van der Waals surface area contributed by atoms with Gasteiger partial charge in [0.2, 0.25) is 0 Å². The van der Waals surface area contributed by atoms with Gasteiger partial charge in [0.1, 0.15) is 0 Å². The summed E-state index contributed by atoms with van der Waals surface area (Å²) in [5.74, 6) is -1.93. The SMILES string of the molecule is O=C(NC[C@H]1CNCO1)C(F)(F)F. The fraction of sp³-hybridized carbons (Fsp3) is 0.833. The van der Waals surface area contributed by atoms with Crippen LogP contribution in [-0.4, -0.2) is 38.0 Å². The van der Waals surface area contributed by atoms with Crippen LogP contribution in [0.3, 0.4) is 0 Å². The minimum Gasteiger partial charge on any atom is -0.360 e.